The second kappa shape index (κ2) is 8.42. The topological polar surface area (TPSA) is 81.8 Å². The minimum absolute atomic E-state index is 0.0704. The quantitative estimate of drug-likeness (QED) is 0.702. The molecule has 1 heterocycles. The largest absolute Gasteiger partial charge is 0.352 e. The third-order valence-corrected chi connectivity index (χ3v) is 4.72. The predicted molar refractivity (Wildman–Crippen MR) is 99.1 cm³/mol. The van der Waals surface area contributed by atoms with Crippen molar-refractivity contribution in [1.29, 1.82) is 0 Å². The minimum atomic E-state index is -0.126. The van der Waals surface area contributed by atoms with Crippen LogP contribution in [0.1, 0.15) is 30.1 Å². The first-order chi connectivity index (χ1) is 12.5. The number of amides is 2. The molecule has 0 unspecified atom stereocenters. The molecule has 1 saturated carbocycles. The zero-order valence-corrected chi connectivity index (χ0v) is 15.2. The molecular formula is C19H26N4O3. The van der Waals surface area contributed by atoms with Gasteiger partial charge in [-0.05, 0) is 31.9 Å². The second-order valence-corrected chi connectivity index (χ2v) is 7.04. The van der Waals surface area contributed by atoms with Crippen molar-refractivity contribution in [2.45, 2.75) is 25.8 Å². The number of benzene rings is 1. The Bertz CT molecular complexity index is 679. The molecule has 2 aliphatic rings. The molecule has 0 bridgehead atoms. The molecule has 0 radical (unpaired) electrons. The van der Waals surface area contributed by atoms with Crippen molar-refractivity contribution < 1.29 is 14.4 Å². The molecule has 0 atom stereocenters. The molecule has 0 spiro atoms. The summed E-state index contributed by atoms with van der Waals surface area (Å²) in [4.78, 5) is 40.0. The van der Waals surface area contributed by atoms with E-state index in [2.05, 4.69) is 20.4 Å². The van der Waals surface area contributed by atoms with Crippen LogP contribution < -0.4 is 10.6 Å². The third-order valence-electron chi connectivity index (χ3n) is 4.72. The van der Waals surface area contributed by atoms with E-state index < -0.39 is 0 Å². The van der Waals surface area contributed by atoms with E-state index in [-0.39, 0.29) is 24.1 Å². The molecule has 2 fully saturated rings. The van der Waals surface area contributed by atoms with Gasteiger partial charge in [0.25, 0.3) is 0 Å². The number of carbonyl (C=O) groups is 3. The Labute approximate surface area is 153 Å². The van der Waals surface area contributed by atoms with Gasteiger partial charge in [-0.3, -0.25) is 24.2 Å². The molecule has 0 aromatic heterocycles. The fourth-order valence-electron chi connectivity index (χ4n) is 3.10. The van der Waals surface area contributed by atoms with Gasteiger partial charge in [0.05, 0.1) is 18.8 Å². The number of Topliss-reactive ketones (excluding diaryl/α,β-unsaturated/α-hetero) is 1. The van der Waals surface area contributed by atoms with E-state index in [1.807, 2.05) is 0 Å². The number of nitrogens with one attached hydrogen (secondary N) is 2. The Kier molecular flexibility index (Phi) is 6.00. The van der Waals surface area contributed by atoms with Gasteiger partial charge in [0.1, 0.15) is 0 Å². The van der Waals surface area contributed by atoms with E-state index in [0.29, 0.717) is 23.8 Å². The van der Waals surface area contributed by atoms with Crippen LogP contribution in [0.2, 0.25) is 0 Å². The maximum Gasteiger partial charge on any atom is 0.238 e. The van der Waals surface area contributed by atoms with Crippen LogP contribution in [0.25, 0.3) is 0 Å². The molecule has 7 nitrogen and oxygen atoms in total. The number of nitrogens with zero attached hydrogens (tertiary/aromatic N) is 2. The maximum absolute atomic E-state index is 12.3. The molecule has 140 valence electrons. The monoisotopic (exact) mass is 358 g/mol. The Hall–Kier alpha value is -2.25. The van der Waals surface area contributed by atoms with Crippen LogP contribution in [-0.2, 0) is 9.59 Å². The lowest BCUT2D eigenvalue weighted by atomic mass is 10.1. The Morgan fingerprint density at radius 3 is 2.12 bits per heavy atom. The van der Waals surface area contributed by atoms with Gasteiger partial charge in [0.2, 0.25) is 11.8 Å². The molecule has 2 amide bonds. The smallest absolute Gasteiger partial charge is 0.238 e. The number of hydrogen-bond acceptors (Lipinski definition) is 5. The maximum atomic E-state index is 12.3. The molecule has 1 aliphatic heterocycles. The van der Waals surface area contributed by atoms with Gasteiger partial charge in [0, 0.05) is 37.8 Å². The number of anilines is 1. The molecule has 1 aliphatic carbocycles. The average molecular weight is 358 g/mol. The Balaban J connectivity index is 1.42. The average Bonchev–Trinajstić information content (AvgIpc) is 3.40. The summed E-state index contributed by atoms with van der Waals surface area (Å²) in [5.74, 6) is -0.0999. The SMILES string of the molecule is CC(=O)c1ccccc1NC(=O)CN1CCN(CC(=O)NC2CC2)CC1. The predicted octanol–water partition coefficient (Wildman–Crippen LogP) is 0.724. The van der Waals surface area contributed by atoms with Gasteiger partial charge in [-0.15, -0.1) is 0 Å². The van der Waals surface area contributed by atoms with E-state index in [4.69, 9.17) is 0 Å². The minimum Gasteiger partial charge on any atom is -0.352 e. The summed E-state index contributed by atoms with van der Waals surface area (Å²) >= 11 is 0. The summed E-state index contributed by atoms with van der Waals surface area (Å²) < 4.78 is 0. The van der Waals surface area contributed by atoms with Crippen LogP contribution in [-0.4, -0.2) is 72.7 Å². The van der Waals surface area contributed by atoms with Gasteiger partial charge in [-0.25, -0.2) is 0 Å². The summed E-state index contributed by atoms with van der Waals surface area (Å²) in [7, 11) is 0. The van der Waals surface area contributed by atoms with Crippen LogP contribution in [0.5, 0.6) is 0 Å². The van der Waals surface area contributed by atoms with Crippen LogP contribution in [0, 0.1) is 0 Å². The summed E-state index contributed by atoms with van der Waals surface area (Å²) in [5.41, 5.74) is 1.08. The van der Waals surface area contributed by atoms with Gasteiger partial charge >= 0.3 is 0 Å². The van der Waals surface area contributed by atoms with Crippen LogP contribution in [0.3, 0.4) is 0 Å². The van der Waals surface area contributed by atoms with Crippen molar-refractivity contribution in [1.82, 2.24) is 15.1 Å². The molecular weight excluding hydrogens is 332 g/mol. The number of piperazine rings is 1. The van der Waals surface area contributed by atoms with Crippen molar-refractivity contribution in [2.24, 2.45) is 0 Å². The molecule has 1 aromatic rings. The zero-order chi connectivity index (χ0) is 18.5. The molecule has 3 rings (SSSR count). The van der Waals surface area contributed by atoms with Crippen molar-refractivity contribution in [3.8, 4) is 0 Å². The highest BCUT2D eigenvalue weighted by Gasteiger charge is 2.25. The molecule has 26 heavy (non-hydrogen) atoms. The van der Waals surface area contributed by atoms with Crippen molar-refractivity contribution >= 4 is 23.3 Å². The van der Waals surface area contributed by atoms with E-state index in [1.165, 1.54) is 6.92 Å². The standard InChI is InChI=1S/C19H26N4O3/c1-14(24)16-4-2-3-5-17(16)21-19(26)13-23-10-8-22(9-11-23)12-18(25)20-15-6-7-15/h2-5,15H,6-13H2,1H3,(H,20,25)(H,21,26). The van der Waals surface area contributed by atoms with Crippen LogP contribution in [0.4, 0.5) is 5.69 Å². The number of carbonyl (C=O) groups excluding carboxylic acids is 3. The molecule has 2 N–H and O–H groups in total. The Morgan fingerprint density at radius 1 is 0.962 bits per heavy atom. The normalized spacial score (nSPS) is 18.3. The Morgan fingerprint density at radius 2 is 1.54 bits per heavy atom. The first-order valence-corrected chi connectivity index (χ1v) is 9.15. The van der Waals surface area contributed by atoms with E-state index in [9.17, 15) is 14.4 Å². The first-order valence-electron chi connectivity index (χ1n) is 9.15. The van der Waals surface area contributed by atoms with Gasteiger partial charge < -0.3 is 10.6 Å². The third kappa shape index (κ3) is 5.37. The van der Waals surface area contributed by atoms with E-state index in [1.54, 1.807) is 24.3 Å². The van der Waals surface area contributed by atoms with Gasteiger partial charge in [-0.2, -0.15) is 0 Å². The first kappa shape index (κ1) is 18.5. The van der Waals surface area contributed by atoms with Crippen molar-refractivity contribution in [3.63, 3.8) is 0 Å². The summed E-state index contributed by atoms with van der Waals surface area (Å²) in [6.45, 7) is 5.25. The number of para-hydroxylation sites is 1. The summed E-state index contributed by atoms with van der Waals surface area (Å²) in [6.07, 6.45) is 2.20. The highest BCUT2D eigenvalue weighted by atomic mass is 16.2. The van der Waals surface area contributed by atoms with E-state index in [0.717, 1.165) is 39.0 Å². The second-order valence-electron chi connectivity index (χ2n) is 7.04. The lowest BCUT2D eigenvalue weighted by Gasteiger charge is -2.33. The molecule has 1 aromatic carbocycles. The fourth-order valence-corrected chi connectivity index (χ4v) is 3.10. The zero-order valence-electron chi connectivity index (χ0n) is 15.2. The van der Waals surface area contributed by atoms with Crippen LogP contribution in [0.15, 0.2) is 24.3 Å². The lowest BCUT2D eigenvalue weighted by Crippen LogP contribution is -2.51. The summed E-state index contributed by atoms with van der Waals surface area (Å²) in [5, 5.41) is 5.83. The van der Waals surface area contributed by atoms with Gasteiger partial charge in [0.15, 0.2) is 5.78 Å². The number of ketones is 1. The van der Waals surface area contributed by atoms with E-state index >= 15 is 0 Å². The molecule has 7 heteroatoms. The number of hydrogen-bond donors (Lipinski definition) is 2. The fraction of sp³-hybridized carbons (Fsp3) is 0.526. The highest BCUT2D eigenvalue weighted by molar-refractivity contribution is 6.04. The van der Waals surface area contributed by atoms with Crippen molar-refractivity contribution in [2.75, 3.05) is 44.6 Å². The highest BCUT2D eigenvalue weighted by Crippen LogP contribution is 2.18. The summed E-state index contributed by atoms with van der Waals surface area (Å²) in [6, 6.07) is 7.43. The van der Waals surface area contributed by atoms with Crippen molar-refractivity contribution in [3.05, 3.63) is 29.8 Å². The lowest BCUT2D eigenvalue weighted by molar-refractivity contribution is -0.123. The van der Waals surface area contributed by atoms with Crippen LogP contribution >= 0.6 is 0 Å². The number of rotatable bonds is 7. The van der Waals surface area contributed by atoms with Gasteiger partial charge in [-0.1, -0.05) is 12.1 Å². The molecule has 1 saturated heterocycles.